The standard InChI is InChI=1S/C36H29Cl2N3O8/c1-20-14-24(37)9-12-28(20)39-31(42)18-48-35(46)23-8-11-26-27(17-23)34(45)41(33(26)44)30(16-22-6-4-3-5-7-22)36(47)49-19-32(43)40-29-13-10-25(38)15-21(29)2/h3-15,17,30H,16,18-19H2,1-2H3,(H,39,42)(H,40,43). The molecule has 0 aromatic heterocycles. The molecular formula is C36H29Cl2N3O8. The van der Waals surface area contributed by atoms with Gasteiger partial charge in [0.2, 0.25) is 0 Å². The molecular weight excluding hydrogens is 673 g/mol. The monoisotopic (exact) mass is 701 g/mol. The molecule has 0 radical (unpaired) electrons. The topological polar surface area (TPSA) is 148 Å². The van der Waals surface area contributed by atoms with Crippen molar-refractivity contribution in [1.82, 2.24) is 4.90 Å². The molecule has 4 aromatic rings. The Morgan fingerprint density at radius 2 is 1.24 bits per heavy atom. The van der Waals surface area contributed by atoms with Gasteiger partial charge in [0, 0.05) is 27.8 Å². The third kappa shape index (κ3) is 8.32. The third-order valence-electron chi connectivity index (χ3n) is 7.61. The molecule has 0 saturated heterocycles. The predicted molar refractivity (Wildman–Crippen MR) is 182 cm³/mol. The highest BCUT2D eigenvalue weighted by atomic mass is 35.5. The smallest absolute Gasteiger partial charge is 0.338 e. The van der Waals surface area contributed by atoms with E-state index in [9.17, 15) is 28.8 Å². The number of nitrogens with one attached hydrogen (secondary N) is 2. The van der Waals surface area contributed by atoms with Crippen LogP contribution in [0.15, 0.2) is 84.9 Å². The molecule has 1 atom stereocenters. The molecule has 0 fully saturated rings. The molecule has 2 N–H and O–H groups in total. The largest absolute Gasteiger partial charge is 0.454 e. The van der Waals surface area contributed by atoms with Crippen molar-refractivity contribution < 1.29 is 38.2 Å². The first-order valence-electron chi connectivity index (χ1n) is 14.9. The normalized spacial score (nSPS) is 12.6. The van der Waals surface area contributed by atoms with Crippen LogP contribution in [0.1, 0.15) is 47.8 Å². The number of hydrogen-bond donors (Lipinski definition) is 2. The molecule has 5 rings (SSSR count). The maximum absolute atomic E-state index is 13.7. The number of nitrogens with zero attached hydrogens (tertiary/aromatic N) is 1. The average molecular weight is 703 g/mol. The maximum atomic E-state index is 13.7. The van der Waals surface area contributed by atoms with Gasteiger partial charge in [-0.05, 0) is 85.1 Å². The highest BCUT2D eigenvalue weighted by Crippen LogP contribution is 2.28. The van der Waals surface area contributed by atoms with E-state index in [0.717, 1.165) is 4.90 Å². The van der Waals surface area contributed by atoms with Crippen LogP contribution in [0.25, 0.3) is 0 Å². The number of imide groups is 1. The fourth-order valence-electron chi connectivity index (χ4n) is 5.14. The number of benzene rings is 4. The number of rotatable bonds is 11. The lowest BCUT2D eigenvalue weighted by molar-refractivity contribution is -0.151. The van der Waals surface area contributed by atoms with E-state index in [1.807, 2.05) is 0 Å². The number of fused-ring (bicyclic) bond motifs is 1. The molecule has 1 aliphatic heterocycles. The van der Waals surface area contributed by atoms with Gasteiger partial charge in [-0.25, -0.2) is 9.59 Å². The summed E-state index contributed by atoms with van der Waals surface area (Å²) >= 11 is 11.9. The Morgan fingerprint density at radius 3 is 1.82 bits per heavy atom. The number of carbonyl (C=O) groups is 6. The van der Waals surface area contributed by atoms with E-state index >= 15 is 0 Å². The summed E-state index contributed by atoms with van der Waals surface area (Å²) in [5.41, 5.74) is 2.73. The minimum Gasteiger partial charge on any atom is -0.454 e. The second kappa shape index (κ2) is 15.1. The average Bonchev–Trinajstić information content (AvgIpc) is 3.32. The SMILES string of the molecule is Cc1cc(Cl)ccc1NC(=O)COC(=O)c1ccc2c(c1)C(=O)N(C(Cc1ccccc1)C(=O)OCC(=O)Nc1ccc(Cl)cc1C)C2=O. The molecule has 250 valence electrons. The highest BCUT2D eigenvalue weighted by Gasteiger charge is 2.44. The Morgan fingerprint density at radius 1 is 0.694 bits per heavy atom. The van der Waals surface area contributed by atoms with Crippen LogP contribution in [0.2, 0.25) is 10.0 Å². The van der Waals surface area contributed by atoms with Gasteiger partial charge in [0.05, 0.1) is 16.7 Å². The first-order valence-corrected chi connectivity index (χ1v) is 15.7. The lowest BCUT2D eigenvalue weighted by Crippen LogP contribution is -2.47. The molecule has 4 amide bonds. The van der Waals surface area contributed by atoms with Crippen molar-refractivity contribution >= 4 is 70.1 Å². The number of amides is 4. The second-order valence-corrected chi connectivity index (χ2v) is 12.0. The predicted octanol–water partition coefficient (Wildman–Crippen LogP) is 5.79. The van der Waals surface area contributed by atoms with Gasteiger partial charge < -0.3 is 20.1 Å². The van der Waals surface area contributed by atoms with E-state index in [1.165, 1.54) is 18.2 Å². The molecule has 1 aliphatic rings. The number of ether oxygens (including phenoxy) is 2. The fraction of sp³-hybridized carbons (Fsp3) is 0.167. The van der Waals surface area contributed by atoms with Crippen LogP contribution in [0.5, 0.6) is 0 Å². The number of aryl methyl sites for hydroxylation is 2. The number of anilines is 2. The highest BCUT2D eigenvalue weighted by molar-refractivity contribution is 6.31. The van der Waals surface area contributed by atoms with Crippen LogP contribution in [-0.2, 0) is 30.3 Å². The van der Waals surface area contributed by atoms with Crippen LogP contribution < -0.4 is 10.6 Å². The fourth-order valence-corrected chi connectivity index (χ4v) is 5.59. The van der Waals surface area contributed by atoms with E-state index in [1.54, 1.807) is 80.6 Å². The van der Waals surface area contributed by atoms with Crippen LogP contribution in [0, 0.1) is 13.8 Å². The molecule has 11 nitrogen and oxygen atoms in total. The Labute approximate surface area is 291 Å². The first-order chi connectivity index (χ1) is 23.4. The molecule has 13 heteroatoms. The molecule has 0 spiro atoms. The molecule has 1 heterocycles. The molecule has 49 heavy (non-hydrogen) atoms. The third-order valence-corrected chi connectivity index (χ3v) is 8.08. The lowest BCUT2D eigenvalue weighted by Gasteiger charge is -2.24. The van der Waals surface area contributed by atoms with Gasteiger partial charge in [-0.1, -0.05) is 53.5 Å². The summed E-state index contributed by atoms with van der Waals surface area (Å²) in [4.78, 5) is 79.3. The Kier molecular flexibility index (Phi) is 10.8. The van der Waals surface area contributed by atoms with Crippen LogP contribution in [-0.4, -0.2) is 59.7 Å². The zero-order valence-corrected chi connectivity index (χ0v) is 27.8. The van der Waals surface area contributed by atoms with Crippen molar-refractivity contribution in [2.75, 3.05) is 23.8 Å². The summed E-state index contributed by atoms with van der Waals surface area (Å²) in [5.74, 6) is -4.76. The number of hydrogen-bond acceptors (Lipinski definition) is 8. The Balaban J connectivity index is 1.28. The van der Waals surface area contributed by atoms with Crippen LogP contribution in [0.3, 0.4) is 0 Å². The van der Waals surface area contributed by atoms with E-state index in [2.05, 4.69) is 10.6 Å². The summed E-state index contributed by atoms with van der Waals surface area (Å²) in [6, 6.07) is 20.7. The molecule has 0 bridgehead atoms. The van der Waals surface area contributed by atoms with Gasteiger partial charge in [0.1, 0.15) is 6.04 Å². The zero-order valence-electron chi connectivity index (χ0n) is 26.3. The summed E-state index contributed by atoms with van der Waals surface area (Å²) in [7, 11) is 0. The number of halogens is 2. The van der Waals surface area contributed by atoms with Crippen molar-refractivity contribution in [3.05, 3.63) is 128 Å². The second-order valence-electron chi connectivity index (χ2n) is 11.1. The summed E-state index contributed by atoms with van der Waals surface area (Å²) in [5, 5.41) is 6.25. The van der Waals surface area contributed by atoms with Gasteiger partial charge in [-0.3, -0.25) is 24.1 Å². The molecule has 1 unspecified atom stereocenters. The van der Waals surface area contributed by atoms with Gasteiger partial charge in [-0.2, -0.15) is 0 Å². The lowest BCUT2D eigenvalue weighted by atomic mass is 10.0. The summed E-state index contributed by atoms with van der Waals surface area (Å²) in [6.07, 6.45) is -0.0971. The number of carbonyl (C=O) groups excluding carboxylic acids is 6. The van der Waals surface area contributed by atoms with E-state index in [0.29, 0.717) is 38.1 Å². The number of esters is 2. The van der Waals surface area contributed by atoms with Gasteiger partial charge in [0.15, 0.2) is 13.2 Å². The van der Waals surface area contributed by atoms with Crippen LogP contribution >= 0.6 is 23.2 Å². The quantitative estimate of drug-likeness (QED) is 0.147. The minimum atomic E-state index is -1.43. The Hall–Kier alpha value is -5.52. The van der Waals surface area contributed by atoms with Gasteiger partial charge >= 0.3 is 11.9 Å². The maximum Gasteiger partial charge on any atom is 0.338 e. The summed E-state index contributed by atoms with van der Waals surface area (Å²) < 4.78 is 10.5. The van der Waals surface area contributed by atoms with Crippen molar-refractivity contribution in [2.45, 2.75) is 26.3 Å². The molecule has 0 saturated carbocycles. The van der Waals surface area contributed by atoms with E-state index in [-0.39, 0.29) is 23.1 Å². The van der Waals surface area contributed by atoms with Crippen molar-refractivity contribution in [1.29, 1.82) is 0 Å². The van der Waals surface area contributed by atoms with E-state index in [4.69, 9.17) is 32.7 Å². The van der Waals surface area contributed by atoms with Gasteiger partial charge in [0.25, 0.3) is 23.6 Å². The summed E-state index contributed by atoms with van der Waals surface area (Å²) in [6.45, 7) is 2.20. The van der Waals surface area contributed by atoms with Crippen molar-refractivity contribution in [3.63, 3.8) is 0 Å². The van der Waals surface area contributed by atoms with Crippen LogP contribution in [0.4, 0.5) is 11.4 Å². The van der Waals surface area contributed by atoms with E-state index < -0.39 is 54.8 Å². The zero-order chi connectivity index (χ0) is 35.2. The molecule has 4 aromatic carbocycles. The minimum absolute atomic E-state index is 0.0423. The first kappa shape index (κ1) is 34.8. The van der Waals surface area contributed by atoms with Gasteiger partial charge in [-0.15, -0.1) is 0 Å². The Bertz CT molecular complexity index is 1980. The van der Waals surface area contributed by atoms with Crippen molar-refractivity contribution in [3.8, 4) is 0 Å². The molecule has 0 aliphatic carbocycles. The van der Waals surface area contributed by atoms with Crippen molar-refractivity contribution in [2.24, 2.45) is 0 Å².